The Morgan fingerprint density at radius 3 is 2.80 bits per heavy atom. The lowest BCUT2D eigenvalue weighted by atomic mass is 10.1. The van der Waals surface area contributed by atoms with Crippen LogP contribution in [0.3, 0.4) is 0 Å². The highest BCUT2D eigenvalue weighted by Gasteiger charge is 2.25. The molecule has 130 valence electrons. The number of aliphatic carboxylic acids is 1. The third kappa shape index (κ3) is 3.10. The van der Waals surface area contributed by atoms with Crippen LogP contribution in [0.15, 0.2) is 24.5 Å². The Bertz CT molecular complexity index is 942. The van der Waals surface area contributed by atoms with E-state index >= 15 is 0 Å². The lowest BCUT2D eigenvalue weighted by Gasteiger charge is -2.19. The van der Waals surface area contributed by atoms with Gasteiger partial charge in [0.2, 0.25) is 0 Å². The van der Waals surface area contributed by atoms with Crippen molar-refractivity contribution < 1.29 is 14.3 Å². The number of hydrogen-bond donors (Lipinski definition) is 2. The van der Waals surface area contributed by atoms with Crippen molar-refractivity contribution in [3.05, 3.63) is 40.5 Å². The van der Waals surface area contributed by atoms with Gasteiger partial charge in [0.05, 0.1) is 10.6 Å². The van der Waals surface area contributed by atoms with Gasteiger partial charge in [-0.2, -0.15) is 19.6 Å². The van der Waals surface area contributed by atoms with Gasteiger partial charge in [-0.3, -0.25) is 0 Å². The Morgan fingerprint density at radius 1 is 1.40 bits per heavy atom. The van der Waals surface area contributed by atoms with Crippen LogP contribution in [-0.2, 0) is 4.79 Å². The Labute approximate surface area is 151 Å². The largest absolute Gasteiger partial charge is 0.480 e. The van der Waals surface area contributed by atoms with Crippen LogP contribution in [0.2, 0.25) is 10.2 Å². The Hall–Kier alpha value is -2.45. The molecule has 0 aliphatic heterocycles. The SMILES string of the molecule is CCC(Nc1c(-c2c(F)cccc2Cl)c(Cl)nc2ncnn12)C(=O)O. The molecule has 0 aliphatic carbocycles. The first-order valence-corrected chi connectivity index (χ1v) is 8.02. The van der Waals surface area contributed by atoms with E-state index in [1.54, 1.807) is 6.92 Å². The lowest BCUT2D eigenvalue weighted by Crippen LogP contribution is -2.30. The molecular weight excluding hydrogens is 372 g/mol. The van der Waals surface area contributed by atoms with Crippen LogP contribution in [0.4, 0.5) is 10.2 Å². The molecule has 3 aromatic rings. The summed E-state index contributed by atoms with van der Waals surface area (Å²) in [5.74, 6) is -1.41. The summed E-state index contributed by atoms with van der Waals surface area (Å²) < 4.78 is 15.7. The van der Waals surface area contributed by atoms with Gasteiger partial charge in [0.25, 0.3) is 5.78 Å². The standard InChI is InChI=1S/C15H12Cl2FN5O2/c1-2-9(14(24)25)21-13-11(10-7(16)4-3-5-8(10)18)12(17)22-15-19-6-20-23(13)15/h3-6,9,21H,2H2,1H3,(H,24,25). The van der Waals surface area contributed by atoms with Crippen molar-refractivity contribution in [3.63, 3.8) is 0 Å². The van der Waals surface area contributed by atoms with Gasteiger partial charge in [0.1, 0.15) is 29.2 Å². The van der Waals surface area contributed by atoms with E-state index in [1.165, 1.54) is 29.0 Å². The van der Waals surface area contributed by atoms with Crippen molar-refractivity contribution in [1.29, 1.82) is 0 Å². The van der Waals surface area contributed by atoms with Crippen LogP contribution in [-0.4, -0.2) is 36.7 Å². The second-order valence-corrected chi connectivity index (χ2v) is 5.90. The molecule has 0 spiro atoms. The summed E-state index contributed by atoms with van der Waals surface area (Å²) in [6, 6.07) is 3.23. The van der Waals surface area contributed by atoms with Gasteiger partial charge in [-0.1, -0.05) is 36.2 Å². The van der Waals surface area contributed by atoms with Crippen LogP contribution in [0.25, 0.3) is 16.9 Å². The van der Waals surface area contributed by atoms with Crippen molar-refractivity contribution in [2.45, 2.75) is 19.4 Å². The van der Waals surface area contributed by atoms with E-state index < -0.39 is 17.8 Å². The van der Waals surface area contributed by atoms with E-state index in [9.17, 15) is 14.3 Å². The van der Waals surface area contributed by atoms with Crippen LogP contribution < -0.4 is 5.32 Å². The van der Waals surface area contributed by atoms with Gasteiger partial charge in [-0.05, 0) is 18.6 Å². The summed E-state index contributed by atoms with van der Waals surface area (Å²) in [5, 5.41) is 16.2. The average Bonchev–Trinajstić information content (AvgIpc) is 3.01. The molecule has 2 aromatic heterocycles. The van der Waals surface area contributed by atoms with Crippen LogP contribution >= 0.6 is 23.2 Å². The zero-order valence-corrected chi connectivity index (χ0v) is 14.4. The molecule has 0 fully saturated rings. The number of carboxylic acid groups (broad SMARTS) is 1. The molecule has 25 heavy (non-hydrogen) atoms. The molecule has 2 N–H and O–H groups in total. The zero-order valence-electron chi connectivity index (χ0n) is 12.9. The molecular formula is C15H12Cl2FN5O2. The molecule has 10 heteroatoms. The van der Waals surface area contributed by atoms with Gasteiger partial charge in [0.15, 0.2) is 0 Å². The van der Waals surface area contributed by atoms with Crippen LogP contribution in [0.5, 0.6) is 0 Å². The summed E-state index contributed by atoms with van der Waals surface area (Å²) >= 11 is 12.4. The van der Waals surface area contributed by atoms with Gasteiger partial charge in [0, 0.05) is 5.56 Å². The predicted molar refractivity (Wildman–Crippen MR) is 91.5 cm³/mol. The number of rotatable bonds is 5. The summed E-state index contributed by atoms with van der Waals surface area (Å²) in [5.41, 5.74) is 0.115. The number of nitrogens with zero attached hydrogens (tertiary/aromatic N) is 4. The van der Waals surface area contributed by atoms with Crippen molar-refractivity contribution in [3.8, 4) is 11.1 Å². The molecule has 0 saturated carbocycles. The van der Waals surface area contributed by atoms with E-state index in [2.05, 4.69) is 20.4 Å². The number of halogens is 3. The molecule has 1 atom stereocenters. The van der Waals surface area contributed by atoms with Gasteiger partial charge >= 0.3 is 5.97 Å². The first kappa shape index (κ1) is 17.4. The molecule has 0 amide bonds. The molecule has 0 saturated heterocycles. The van der Waals surface area contributed by atoms with Gasteiger partial charge in [-0.25, -0.2) is 9.18 Å². The molecule has 2 heterocycles. The lowest BCUT2D eigenvalue weighted by molar-refractivity contribution is -0.137. The Balaban J connectivity index is 2.32. The molecule has 0 aliphatic rings. The first-order valence-electron chi connectivity index (χ1n) is 7.27. The normalized spacial score (nSPS) is 12.3. The Morgan fingerprint density at radius 2 is 2.16 bits per heavy atom. The summed E-state index contributed by atoms with van der Waals surface area (Å²) in [6.07, 6.45) is 1.51. The van der Waals surface area contributed by atoms with E-state index in [4.69, 9.17) is 23.2 Å². The molecule has 7 nitrogen and oxygen atoms in total. The minimum absolute atomic E-state index is 0.00167. The zero-order chi connectivity index (χ0) is 18.1. The molecule has 0 radical (unpaired) electrons. The second-order valence-electron chi connectivity index (χ2n) is 5.14. The summed E-state index contributed by atoms with van der Waals surface area (Å²) in [6.45, 7) is 1.70. The number of benzene rings is 1. The fourth-order valence-corrected chi connectivity index (χ4v) is 2.93. The number of carboxylic acids is 1. The number of fused-ring (bicyclic) bond motifs is 1. The second kappa shape index (κ2) is 6.81. The van der Waals surface area contributed by atoms with Gasteiger partial charge < -0.3 is 10.4 Å². The first-order chi connectivity index (χ1) is 11.9. The molecule has 3 rings (SSSR count). The van der Waals surface area contributed by atoms with Crippen molar-refractivity contribution in [1.82, 2.24) is 19.6 Å². The predicted octanol–water partition coefficient (Wildman–Crippen LogP) is 3.51. The average molecular weight is 384 g/mol. The van der Waals surface area contributed by atoms with Crippen LogP contribution in [0.1, 0.15) is 13.3 Å². The third-order valence-corrected chi connectivity index (χ3v) is 4.20. The summed E-state index contributed by atoms with van der Waals surface area (Å²) in [4.78, 5) is 19.4. The smallest absolute Gasteiger partial charge is 0.326 e. The minimum Gasteiger partial charge on any atom is -0.480 e. The topological polar surface area (TPSA) is 92.4 Å². The molecule has 0 bridgehead atoms. The maximum atomic E-state index is 14.4. The Kier molecular flexibility index (Phi) is 4.73. The van der Waals surface area contributed by atoms with Crippen LogP contribution in [0, 0.1) is 5.82 Å². The highest BCUT2D eigenvalue weighted by molar-refractivity contribution is 6.36. The highest BCUT2D eigenvalue weighted by Crippen LogP contribution is 2.39. The fourth-order valence-electron chi connectivity index (χ4n) is 2.41. The molecule has 1 aromatic carbocycles. The van der Waals surface area contributed by atoms with Crippen molar-refractivity contribution in [2.75, 3.05) is 5.32 Å². The maximum Gasteiger partial charge on any atom is 0.326 e. The van der Waals surface area contributed by atoms with E-state index in [0.29, 0.717) is 0 Å². The number of nitrogens with one attached hydrogen (secondary N) is 1. The van der Waals surface area contributed by atoms with E-state index in [0.717, 1.165) is 0 Å². The monoisotopic (exact) mass is 383 g/mol. The van der Waals surface area contributed by atoms with Gasteiger partial charge in [-0.15, -0.1) is 0 Å². The maximum absolute atomic E-state index is 14.4. The minimum atomic E-state index is -1.07. The highest BCUT2D eigenvalue weighted by atomic mass is 35.5. The number of carbonyl (C=O) groups is 1. The summed E-state index contributed by atoms with van der Waals surface area (Å²) in [7, 11) is 0. The van der Waals surface area contributed by atoms with Crippen molar-refractivity contribution >= 4 is 40.8 Å². The number of anilines is 1. The van der Waals surface area contributed by atoms with E-state index in [1.807, 2.05) is 0 Å². The quantitative estimate of drug-likeness (QED) is 0.654. The molecule has 1 unspecified atom stereocenters. The number of hydrogen-bond acceptors (Lipinski definition) is 5. The van der Waals surface area contributed by atoms with E-state index in [-0.39, 0.29) is 39.3 Å². The third-order valence-electron chi connectivity index (χ3n) is 3.61. The van der Waals surface area contributed by atoms with Crippen molar-refractivity contribution in [2.24, 2.45) is 0 Å². The number of aromatic nitrogens is 4. The fraction of sp³-hybridized carbons (Fsp3) is 0.200.